The zero-order chi connectivity index (χ0) is 17.6. The lowest BCUT2D eigenvalue weighted by Crippen LogP contribution is -2.43. The molecule has 0 saturated carbocycles. The first-order valence-electron chi connectivity index (χ1n) is 8.77. The van der Waals surface area contributed by atoms with Gasteiger partial charge in [0.2, 0.25) is 0 Å². The molecule has 1 fully saturated rings. The van der Waals surface area contributed by atoms with Crippen LogP contribution in [0.25, 0.3) is 0 Å². The number of likely N-dealkylation sites (tertiary alicyclic amines) is 1. The maximum Gasteiger partial charge on any atom is 0.410 e. The number of piperidine rings is 1. The molecule has 2 rings (SSSR count). The van der Waals surface area contributed by atoms with E-state index in [4.69, 9.17) is 15.2 Å². The number of benzene rings is 1. The van der Waals surface area contributed by atoms with Gasteiger partial charge in [0.25, 0.3) is 0 Å². The fraction of sp³-hybridized carbons (Fsp3) is 0.632. The summed E-state index contributed by atoms with van der Waals surface area (Å²) < 4.78 is 11.3. The van der Waals surface area contributed by atoms with E-state index in [9.17, 15) is 4.79 Å². The third-order valence-electron chi connectivity index (χ3n) is 4.10. The van der Waals surface area contributed by atoms with Gasteiger partial charge in [0.1, 0.15) is 11.4 Å². The Labute approximate surface area is 145 Å². The molecule has 5 heteroatoms. The molecule has 1 saturated heterocycles. The third-order valence-corrected chi connectivity index (χ3v) is 4.10. The lowest BCUT2D eigenvalue weighted by Gasteiger charge is -2.34. The Morgan fingerprint density at radius 3 is 2.88 bits per heavy atom. The second-order valence-corrected chi connectivity index (χ2v) is 7.42. The van der Waals surface area contributed by atoms with Gasteiger partial charge in [-0.25, -0.2) is 4.79 Å². The number of carbonyl (C=O) groups is 1. The van der Waals surface area contributed by atoms with Crippen molar-refractivity contribution in [3.05, 3.63) is 29.8 Å². The van der Waals surface area contributed by atoms with Gasteiger partial charge in [0.15, 0.2) is 0 Å². The molecular weight excluding hydrogens is 304 g/mol. The lowest BCUT2D eigenvalue weighted by molar-refractivity contribution is 0.0154. The molecule has 0 bridgehead atoms. The summed E-state index contributed by atoms with van der Waals surface area (Å²) in [4.78, 5) is 14.0. The molecule has 1 heterocycles. The highest BCUT2D eigenvalue weighted by atomic mass is 16.6. The van der Waals surface area contributed by atoms with Crippen molar-refractivity contribution in [2.45, 2.75) is 52.2 Å². The van der Waals surface area contributed by atoms with Crippen LogP contribution in [0, 0.1) is 5.92 Å². The number of hydrogen-bond donors (Lipinski definition) is 1. The largest absolute Gasteiger partial charge is 0.494 e. The van der Waals surface area contributed by atoms with E-state index in [-0.39, 0.29) is 6.09 Å². The first-order chi connectivity index (χ1) is 11.4. The molecule has 0 spiro atoms. The number of nitrogens with zero attached hydrogens (tertiary/aromatic N) is 1. The molecule has 1 aromatic carbocycles. The van der Waals surface area contributed by atoms with Crippen molar-refractivity contribution in [3.8, 4) is 5.75 Å². The van der Waals surface area contributed by atoms with E-state index >= 15 is 0 Å². The molecule has 1 aliphatic rings. The van der Waals surface area contributed by atoms with E-state index in [2.05, 4.69) is 0 Å². The number of nitrogens with two attached hydrogens (primary N) is 1. The number of carbonyl (C=O) groups excluding carboxylic acids is 1. The van der Waals surface area contributed by atoms with E-state index in [0.717, 1.165) is 43.7 Å². The topological polar surface area (TPSA) is 64.8 Å². The fourth-order valence-corrected chi connectivity index (χ4v) is 2.90. The molecule has 2 N–H and O–H groups in total. The maximum atomic E-state index is 12.2. The smallest absolute Gasteiger partial charge is 0.410 e. The maximum absolute atomic E-state index is 12.2. The Kier molecular flexibility index (Phi) is 6.49. The minimum atomic E-state index is -0.443. The van der Waals surface area contributed by atoms with Crippen LogP contribution in [0.2, 0.25) is 0 Å². The highest BCUT2D eigenvalue weighted by Crippen LogP contribution is 2.22. The molecule has 134 valence electrons. The van der Waals surface area contributed by atoms with E-state index in [1.165, 1.54) is 0 Å². The summed E-state index contributed by atoms with van der Waals surface area (Å²) in [5.41, 5.74) is 6.27. The fourth-order valence-electron chi connectivity index (χ4n) is 2.90. The number of ether oxygens (including phenoxy) is 2. The van der Waals surface area contributed by atoms with Crippen molar-refractivity contribution < 1.29 is 14.3 Å². The van der Waals surface area contributed by atoms with Crippen molar-refractivity contribution in [3.63, 3.8) is 0 Å². The second-order valence-electron chi connectivity index (χ2n) is 7.42. The van der Waals surface area contributed by atoms with Crippen LogP contribution in [0.1, 0.15) is 45.6 Å². The quantitative estimate of drug-likeness (QED) is 0.894. The average molecular weight is 334 g/mol. The van der Waals surface area contributed by atoms with Crippen molar-refractivity contribution in [2.75, 3.05) is 19.7 Å². The van der Waals surface area contributed by atoms with Gasteiger partial charge in [-0.3, -0.25) is 0 Å². The Hall–Kier alpha value is -1.75. The van der Waals surface area contributed by atoms with Gasteiger partial charge in [-0.2, -0.15) is 0 Å². The van der Waals surface area contributed by atoms with Crippen LogP contribution >= 0.6 is 0 Å². The SMILES string of the molecule is CC(C)(C)OC(=O)N1CCC[C@H](CCOc2cccc(CN)c2)C1. The second kappa shape index (κ2) is 8.38. The summed E-state index contributed by atoms with van der Waals surface area (Å²) in [7, 11) is 0. The Morgan fingerprint density at radius 1 is 1.38 bits per heavy atom. The van der Waals surface area contributed by atoms with Gasteiger partial charge in [0.05, 0.1) is 6.61 Å². The number of rotatable bonds is 5. The zero-order valence-corrected chi connectivity index (χ0v) is 15.1. The van der Waals surface area contributed by atoms with Crippen LogP contribution in [-0.4, -0.2) is 36.3 Å². The van der Waals surface area contributed by atoms with Crippen LogP contribution in [-0.2, 0) is 11.3 Å². The third kappa shape index (κ3) is 6.04. The molecule has 1 atom stereocenters. The Morgan fingerprint density at radius 2 is 2.17 bits per heavy atom. The number of amides is 1. The Balaban J connectivity index is 1.77. The molecular formula is C19H30N2O3. The predicted octanol–water partition coefficient (Wildman–Crippen LogP) is 3.56. The van der Waals surface area contributed by atoms with Gasteiger partial charge in [0, 0.05) is 19.6 Å². The summed E-state index contributed by atoms with van der Waals surface area (Å²) >= 11 is 0. The first-order valence-corrected chi connectivity index (χ1v) is 8.77. The standard InChI is InChI=1S/C19H30N2O3/c1-19(2,3)24-18(22)21-10-5-7-15(14-21)9-11-23-17-8-4-6-16(12-17)13-20/h4,6,8,12,15H,5,7,9-11,13-14,20H2,1-3H3/t15-/m1/s1. The molecule has 1 aromatic rings. The summed E-state index contributed by atoms with van der Waals surface area (Å²) in [5, 5.41) is 0. The van der Waals surface area contributed by atoms with Gasteiger partial charge < -0.3 is 20.1 Å². The Bertz CT molecular complexity index is 540. The van der Waals surface area contributed by atoms with E-state index in [1.807, 2.05) is 49.9 Å². The van der Waals surface area contributed by atoms with Crippen molar-refractivity contribution in [1.82, 2.24) is 4.90 Å². The molecule has 5 nitrogen and oxygen atoms in total. The van der Waals surface area contributed by atoms with Gasteiger partial charge in [-0.05, 0) is 63.6 Å². The predicted molar refractivity (Wildman–Crippen MR) is 95.0 cm³/mol. The average Bonchev–Trinajstić information content (AvgIpc) is 2.54. The molecule has 0 aliphatic carbocycles. The van der Waals surface area contributed by atoms with Gasteiger partial charge in [-0.1, -0.05) is 12.1 Å². The van der Waals surface area contributed by atoms with E-state index in [0.29, 0.717) is 19.1 Å². The van der Waals surface area contributed by atoms with Crippen LogP contribution in [0.3, 0.4) is 0 Å². The molecule has 0 unspecified atom stereocenters. The highest BCUT2D eigenvalue weighted by molar-refractivity contribution is 5.68. The van der Waals surface area contributed by atoms with Crippen molar-refractivity contribution in [2.24, 2.45) is 11.7 Å². The minimum absolute atomic E-state index is 0.205. The van der Waals surface area contributed by atoms with Crippen molar-refractivity contribution in [1.29, 1.82) is 0 Å². The summed E-state index contributed by atoms with van der Waals surface area (Å²) in [6.07, 6.45) is 2.88. The van der Waals surface area contributed by atoms with Crippen LogP contribution in [0.5, 0.6) is 5.75 Å². The monoisotopic (exact) mass is 334 g/mol. The lowest BCUT2D eigenvalue weighted by atomic mass is 9.95. The molecule has 1 aliphatic heterocycles. The van der Waals surface area contributed by atoms with Gasteiger partial charge >= 0.3 is 6.09 Å². The molecule has 0 aromatic heterocycles. The summed E-state index contributed by atoms with van der Waals surface area (Å²) in [5.74, 6) is 1.32. The normalized spacial score (nSPS) is 18.3. The molecule has 1 amide bonds. The van der Waals surface area contributed by atoms with Gasteiger partial charge in [-0.15, -0.1) is 0 Å². The van der Waals surface area contributed by atoms with Crippen LogP contribution < -0.4 is 10.5 Å². The highest BCUT2D eigenvalue weighted by Gasteiger charge is 2.27. The first kappa shape index (κ1) is 18.6. The van der Waals surface area contributed by atoms with Crippen LogP contribution in [0.4, 0.5) is 4.79 Å². The minimum Gasteiger partial charge on any atom is -0.494 e. The number of hydrogen-bond acceptors (Lipinski definition) is 4. The zero-order valence-electron chi connectivity index (χ0n) is 15.1. The summed E-state index contributed by atoms with van der Waals surface area (Å²) in [6.45, 7) is 8.40. The van der Waals surface area contributed by atoms with E-state index in [1.54, 1.807) is 0 Å². The van der Waals surface area contributed by atoms with Crippen molar-refractivity contribution >= 4 is 6.09 Å². The summed E-state index contributed by atoms with van der Waals surface area (Å²) in [6, 6.07) is 7.88. The molecule has 24 heavy (non-hydrogen) atoms. The molecule has 0 radical (unpaired) electrons. The van der Waals surface area contributed by atoms with Crippen LogP contribution in [0.15, 0.2) is 24.3 Å². The van der Waals surface area contributed by atoms with E-state index < -0.39 is 5.60 Å².